The van der Waals surface area contributed by atoms with E-state index in [1.54, 1.807) is 13.8 Å². The topological polar surface area (TPSA) is 113 Å². The summed E-state index contributed by atoms with van der Waals surface area (Å²) in [4.78, 5) is 45.8. The highest BCUT2D eigenvalue weighted by molar-refractivity contribution is 5.92. The Bertz CT molecular complexity index is 409. The molecule has 0 aromatic rings. The number of carbonyl (C=O) groups excluding carboxylic acids is 3. The molecule has 7 heteroatoms. The minimum absolute atomic E-state index is 0.0240. The predicted molar refractivity (Wildman–Crippen MR) is 81.2 cm³/mol. The minimum atomic E-state index is -1.14. The van der Waals surface area contributed by atoms with Crippen molar-refractivity contribution in [2.24, 2.45) is 5.92 Å². The number of aliphatic carboxylic acids is 1. The first-order valence-electron chi connectivity index (χ1n) is 7.63. The first-order valence-corrected chi connectivity index (χ1v) is 7.63. The Morgan fingerprint density at radius 3 is 2.27 bits per heavy atom. The molecule has 0 aromatic carbocycles. The van der Waals surface area contributed by atoms with Crippen molar-refractivity contribution in [3.63, 3.8) is 0 Å². The van der Waals surface area contributed by atoms with Gasteiger partial charge >= 0.3 is 5.97 Å². The lowest BCUT2D eigenvalue weighted by Crippen LogP contribution is -2.42. The number of Topliss-reactive ketones (excluding diaryl/α,β-unsaturated/α-hetero) is 1. The molecular formula is C15H26N2O5. The van der Waals surface area contributed by atoms with E-state index in [0.717, 1.165) is 12.8 Å². The van der Waals surface area contributed by atoms with Gasteiger partial charge in [-0.3, -0.25) is 19.2 Å². The van der Waals surface area contributed by atoms with Gasteiger partial charge in [0.25, 0.3) is 0 Å². The summed E-state index contributed by atoms with van der Waals surface area (Å²) >= 11 is 0. The van der Waals surface area contributed by atoms with Gasteiger partial charge in [0, 0.05) is 18.8 Å². The lowest BCUT2D eigenvalue weighted by molar-refractivity contribution is -0.138. The monoisotopic (exact) mass is 314 g/mol. The van der Waals surface area contributed by atoms with Crippen molar-refractivity contribution in [2.45, 2.75) is 58.9 Å². The zero-order valence-electron chi connectivity index (χ0n) is 13.5. The molecule has 0 unspecified atom stereocenters. The highest BCUT2D eigenvalue weighted by Gasteiger charge is 2.24. The number of ketones is 1. The van der Waals surface area contributed by atoms with E-state index in [-0.39, 0.29) is 18.1 Å². The van der Waals surface area contributed by atoms with Crippen molar-refractivity contribution < 1.29 is 24.3 Å². The average Bonchev–Trinajstić information content (AvgIpc) is 2.48. The van der Waals surface area contributed by atoms with Gasteiger partial charge in [0.05, 0.1) is 6.04 Å². The van der Waals surface area contributed by atoms with Crippen LogP contribution >= 0.6 is 0 Å². The number of carbonyl (C=O) groups is 4. The Morgan fingerprint density at radius 2 is 1.77 bits per heavy atom. The molecule has 0 rings (SSSR count). The number of rotatable bonds is 11. The zero-order valence-corrected chi connectivity index (χ0v) is 13.5. The van der Waals surface area contributed by atoms with Crippen LogP contribution in [0.1, 0.15) is 52.9 Å². The fraction of sp³-hybridized carbons (Fsp3) is 0.733. The molecule has 0 saturated carbocycles. The van der Waals surface area contributed by atoms with Crippen LogP contribution in [0.25, 0.3) is 0 Å². The second-order valence-electron chi connectivity index (χ2n) is 5.30. The zero-order chi connectivity index (χ0) is 17.1. The lowest BCUT2D eigenvalue weighted by Gasteiger charge is -2.19. The Balaban J connectivity index is 4.54. The Kier molecular flexibility index (Phi) is 9.82. The third-order valence-electron chi connectivity index (χ3n) is 3.26. The summed E-state index contributed by atoms with van der Waals surface area (Å²) in [6.45, 7) is 4.79. The fourth-order valence-electron chi connectivity index (χ4n) is 1.89. The third kappa shape index (κ3) is 8.39. The highest BCUT2D eigenvalue weighted by atomic mass is 16.4. The second-order valence-corrected chi connectivity index (χ2v) is 5.30. The Morgan fingerprint density at radius 1 is 1.14 bits per heavy atom. The van der Waals surface area contributed by atoms with Gasteiger partial charge in [-0.05, 0) is 6.42 Å². The summed E-state index contributed by atoms with van der Waals surface area (Å²) in [6.07, 6.45) is 2.53. The molecule has 0 fully saturated rings. The van der Waals surface area contributed by atoms with Crippen LogP contribution in [0.4, 0.5) is 0 Å². The molecule has 7 nitrogen and oxygen atoms in total. The van der Waals surface area contributed by atoms with E-state index in [2.05, 4.69) is 10.6 Å². The van der Waals surface area contributed by atoms with Gasteiger partial charge in [-0.15, -0.1) is 0 Å². The minimum Gasteiger partial charge on any atom is -0.480 e. The highest BCUT2D eigenvalue weighted by Crippen LogP contribution is 2.10. The maximum Gasteiger partial charge on any atom is 0.322 e. The van der Waals surface area contributed by atoms with E-state index in [1.807, 2.05) is 6.92 Å². The molecule has 126 valence electrons. The summed E-state index contributed by atoms with van der Waals surface area (Å²) < 4.78 is 0. The Labute approximate surface area is 130 Å². The molecule has 0 aromatic heterocycles. The average molecular weight is 314 g/mol. The third-order valence-corrected chi connectivity index (χ3v) is 3.26. The molecule has 0 heterocycles. The van der Waals surface area contributed by atoms with Crippen LogP contribution in [0.2, 0.25) is 0 Å². The van der Waals surface area contributed by atoms with Gasteiger partial charge in [-0.1, -0.05) is 33.6 Å². The standard InChI is InChI=1S/C15H26N2O5/c1-4-6-7-11(17-13(19)5-2)12(18)8-10(3)15(22)16-9-14(20)21/h10-11H,4-9H2,1-3H3,(H,16,22)(H,17,19)(H,20,21)/t10-,11+/m0/s1. The molecule has 0 aliphatic rings. The largest absolute Gasteiger partial charge is 0.480 e. The second kappa shape index (κ2) is 10.8. The summed E-state index contributed by atoms with van der Waals surface area (Å²) in [5, 5.41) is 13.4. The van der Waals surface area contributed by atoms with E-state index in [4.69, 9.17) is 5.11 Å². The van der Waals surface area contributed by atoms with Gasteiger partial charge in [0.1, 0.15) is 6.54 Å². The lowest BCUT2D eigenvalue weighted by atomic mass is 9.96. The summed E-state index contributed by atoms with van der Waals surface area (Å²) in [6, 6.07) is -0.581. The van der Waals surface area contributed by atoms with Crippen molar-refractivity contribution >= 4 is 23.6 Å². The van der Waals surface area contributed by atoms with Gasteiger partial charge in [-0.2, -0.15) is 0 Å². The van der Waals surface area contributed by atoms with Crippen molar-refractivity contribution in [2.75, 3.05) is 6.54 Å². The van der Waals surface area contributed by atoms with Gasteiger partial charge in [0.15, 0.2) is 5.78 Å². The van der Waals surface area contributed by atoms with Gasteiger partial charge < -0.3 is 15.7 Å². The molecular weight excluding hydrogens is 288 g/mol. The molecule has 0 spiro atoms. The first-order chi connectivity index (χ1) is 10.3. The van der Waals surface area contributed by atoms with Gasteiger partial charge in [-0.25, -0.2) is 0 Å². The van der Waals surface area contributed by atoms with Crippen LogP contribution in [0.5, 0.6) is 0 Å². The number of hydrogen-bond donors (Lipinski definition) is 3. The number of nitrogens with one attached hydrogen (secondary N) is 2. The molecule has 0 radical (unpaired) electrons. The predicted octanol–water partition coefficient (Wildman–Crippen LogP) is 0.868. The van der Waals surface area contributed by atoms with Crippen molar-refractivity contribution in [1.82, 2.24) is 10.6 Å². The first kappa shape index (κ1) is 20.1. The fourth-order valence-corrected chi connectivity index (χ4v) is 1.89. The summed E-state index contributed by atoms with van der Waals surface area (Å²) in [5.41, 5.74) is 0. The number of hydrogen-bond acceptors (Lipinski definition) is 4. The van der Waals surface area contributed by atoms with Crippen molar-refractivity contribution in [3.05, 3.63) is 0 Å². The van der Waals surface area contributed by atoms with Crippen molar-refractivity contribution in [3.8, 4) is 0 Å². The van der Waals surface area contributed by atoms with Crippen LogP contribution in [-0.4, -0.2) is 41.3 Å². The Hall–Kier alpha value is -1.92. The molecule has 0 bridgehead atoms. The number of unbranched alkanes of at least 4 members (excludes halogenated alkanes) is 1. The van der Waals surface area contributed by atoms with Crippen LogP contribution in [-0.2, 0) is 19.2 Å². The quantitative estimate of drug-likeness (QED) is 0.524. The SMILES string of the molecule is CCCC[C@@H](NC(=O)CC)C(=O)C[C@H](C)C(=O)NCC(=O)O. The van der Waals surface area contributed by atoms with Gasteiger partial charge in [0.2, 0.25) is 11.8 Å². The van der Waals surface area contributed by atoms with Crippen LogP contribution < -0.4 is 10.6 Å². The van der Waals surface area contributed by atoms with E-state index in [1.165, 1.54) is 0 Å². The molecule has 2 atom stereocenters. The maximum absolute atomic E-state index is 12.2. The van der Waals surface area contributed by atoms with Crippen LogP contribution in [0, 0.1) is 5.92 Å². The summed E-state index contributed by atoms with van der Waals surface area (Å²) in [5.74, 6) is -2.64. The molecule has 22 heavy (non-hydrogen) atoms. The molecule has 0 aliphatic carbocycles. The van der Waals surface area contributed by atoms with E-state index in [9.17, 15) is 19.2 Å². The number of carboxylic acid groups (broad SMARTS) is 1. The molecule has 3 N–H and O–H groups in total. The van der Waals surface area contributed by atoms with Crippen molar-refractivity contribution in [1.29, 1.82) is 0 Å². The molecule has 0 saturated heterocycles. The van der Waals surface area contributed by atoms with Crippen LogP contribution in [0.15, 0.2) is 0 Å². The van der Waals surface area contributed by atoms with E-state index < -0.39 is 30.4 Å². The molecule has 0 aliphatic heterocycles. The number of amides is 2. The molecule has 2 amide bonds. The normalized spacial score (nSPS) is 13.0. The van der Waals surface area contributed by atoms with Crippen LogP contribution in [0.3, 0.4) is 0 Å². The van der Waals surface area contributed by atoms with E-state index in [0.29, 0.717) is 12.8 Å². The summed E-state index contributed by atoms with van der Waals surface area (Å²) in [7, 11) is 0. The number of carboxylic acids is 1. The van der Waals surface area contributed by atoms with E-state index >= 15 is 0 Å². The maximum atomic E-state index is 12.2. The smallest absolute Gasteiger partial charge is 0.322 e.